The maximum absolute atomic E-state index is 12.2. The highest BCUT2D eigenvalue weighted by Crippen LogP contribution is 2.22. The Balaban J connectivity index is 1.45. The molecule has 1 radical (unpaired) electrons. The number of carbonyl (C=O) groups excluding carboxylic acids is 1. The monoisotopic (exact) mass is 341 g/mol. The van der Waals surface area contributed by atoms with Crippen molar-refractivity contribution in [3.05, 3.63) is 36.7 Å². The molecule has 6 nitrogen and oxygen atoms in total. The van der Waals surface area contributed by atoms with E-state index in [4.69, 9.17) is 4.74 Å². The summed E-state index contributed by atoms with van der Waals surface area (Å²) < 4.78 is 7.52. The molecule has 1 atom stereocenters. The van der Waals surface area contributed by atoms with Crippen molar-refractivity contribution in [1.82, 2.24) is 20.0 Å². The summed E-state index contributed by atoms with van der Waals surface area (Å²) in [5, 5.41) is 7.16. The fraction of sp³-hybridized carbons (Fsp3) is 0.474. The number of rotatable bonds is 6. The molecular formula is C19H25N4O2. The molecule has 2 aromatic rings. The lowest BCUT2D eigenvalue weighted by atomic mass is 9.98. The molecule has 0 aliphatic carbocycles. The number of amides is 1. The zero-order valence-electron chi connectivity index (χ0n) is 14.9. The van der Waals surface area contributed by atoms with E-state index in [0.29, 0.717) is 13.2 Å². The van der Waals surface area contributed by atoms with Gasteiger partial charge in [-0.25, -0.2) is 0 Å². The molecule has 6 heteroatoms. The van der Waals surface area contributed by atoms with Crippen molar-refractivity contribution in [2.75, 3.05) is 33.3 Å². The Bertz CT molecular complexity index is 713. The van der Waals surface area contributed by atoms with Crippen LogP contribution in [0.1, 0.15) is 12.8 Å². The van der Waals surface area contributed by atoms with E-state index in [0.717, 1.165) is 42.8 Å². The zero-order valence-corrected chi connectivity index (χ0v) is 14.9. The summed E-state index contributed by atoms with van der Waals surface area (Å²) >= 11 is 0. The molecule has 1 saturated heterocycles. The fourth-order valence-electron chi connectivity index (χ4n) is 3.14. The summed E-state index contributed by atoms with van der Waals surface area (Å²) in [6, 6.07) is 8.76. The zero-order chi connectivity index (χ0) is 17.6. The number of likely N-dealkylation sites (tertiary alicyclic amines) is 1. The molecular weight excluding hydrogens is 316 g/mol. The van der Waals surface area contributed by atoms with E-state index in [2.05, 4.69) is 28.4 Å². The molecule has 1 aromatic heterocycles. The minimum absolute atomic E-state index is 0.0981. The smallest absolute Gasteiger partial charge is 0.224 e. The van der Waals surface area contributed by atoms with E-state index < -0.39 is 0 Å². The van der Waals surface area contributed by atoms with Gasteiger partial charge < -0.3 is 15.0 Å². The van der Waals surface area contributed by atoms with Crippen LogP contribution in [0.3, 0.4) is 0 Å². The van der Waals surface area contributed by atoms with E-state index in [1.165, 1.54) is 0 Å². The number of carbonyl (C=O) groups is 1. The maximum atomic E-state index is 12.2. The summed E-state index contributed by atoms with van der Waals surface area (Å²) in [5.41, 5.74) is 2.04. The van der Waals surface area contributed by atoms with Crippen molar-refractivity contribution in [2.45, 2.75) is 12.8 Å². The number of piperidine rings is 1. The highest BCUT2D eigenvalue weighted by Gasteiger charge is 2.23. The first kappa shape index (κ1) is 17.5. The van der Waals surface area contributed by atoms with E-state index >= 15 is 0 Å². The van der Waals surface area contributed by atoms with E-state index in [1.807, 2.05) is 31.6 Å². The van der Waals surface area contributed by atoms with Crippen LogP contribution in [-0.2, 0) is 11.8 Å². The van der Waals surface area contributed by atoms with Crippen molar-refractivity contribution in [2.24, 2.45) is 13.0 Å². The Labute approximate surface area is 148 Å². The van der Waals surface area contributed by atoms with Gasteiger partial charge >= 0.3 is 0 Å². The van der Waals surface area contributed by atoms with Crippen LogP contribution in [0, 0.1) is 12.0 Å². The predicted molar refractivity (Wildman–Crippen MR) is 96.2 cm³/mol. The predicted octanol–water partition coefficient (Wildman–Crippen LogP) is 1.72. The van der Waals surface area contributed by atoms with Gasteiger partial charge in [0.15, 0.2) is 0 Å². The van der Waals surface area contributed by atoms with Crippen molar-refractivity contribution >= 4 is 5.91 Å². The molecule has 25 heavy (non-hydrogen) atoms. The van der Waals surface area contributed by atoms with Crippen LogP contribution >= 0.6 is 0 Å². The van der Waals surface area contributed by atoms with Crippen LogP contribution in [0.5, 0.6) is 5.75 Å². The minimum atomic E-state index is 0.0981. The molecule has 1 amide bonds. The van der Waals surface area contributed by atoms with Gasteiger partial charge in [-0.05, 0) is 56.3 Å². The molecule has 1 aliphatic rings. The summed E-state index contributed by atoms with van der Waals surface area (Å²) in [6.45, 7) is 2.88. The number of aromatic nitrogens is 2. The van der Waals surface area contributed by atoms with Crippen molar-refractivity contribution in [1.29, 1.82) is 0 Å². The van der Waals surface area contributed by atoms with E-state index in [9.17, 15) is 4.79 Å². The Kier molecular flexibility index (Phi) is 5.71. The Morgan fingerprint density at radius 3 is 3.04 bits per heavy atom. The molecule has 2 heterocycles. The molecule has 1 fully saturated rings. The number of benzene rings is 1. The van der Waals surface area contributed by atoms with Crippen LogP contribution in [-0.4, -0.2) is 53.9 Å². The standard InChI is InChI=1S/C19H25N4O2/c1-22-9-4-6-16(13-22)19(24)20-8-10-25-18-7-3-5-15(11-18)17-12-21-23(2)14-17/h5,7,11-12,14,16H,4,6,8-10,13H2,1-2H3,(H,20,24). The lowest BCUT2D eigenvalue weighted by Gasteiger charge is -2.28. The van der Waals surface area contributed by atoms with Crippen LogP contribution in [0.25, 0.3) is 11.1 Å². The molecule has 0 spiro atoms. The van der Waals surface area contributed by atoms with E-state index in [-0.39, 0.29) is 11.8 Å². The number of hydrogen-bond acceptors (Lipinski definition) is 4. The molecule has 133 valence electrons. The average molecular weight is 341 g/mol. The quantitative estimate of drug-likeness (QED) is 0.813. The van der Waals surface area contributed by atoms with Gasteiger partial charge in [-0.2, -0.15) is 5.10 Å². The van der Waals surface area contributed by atoms with Gasteiger partial charge in [0, 0.05) is 25.4 Å². The molecule has 0 saturated carbocycles. The number of nitrogens with zero attached hydrogens (tertiary/aromatic N) is 3. The van der Waals surface area contributed by atoms with Crippen LogP contribution in [0.4, 0.5) is 0 Å². The highest BCUT2D eigenvalue weighted by atomic mass is 16.5. The summed E-state index contributed by atoms with van der Waals surface area (Å²) in [6.07, 6.45) is 5.82. The van der Waals surface area contributed by atoms with Gasteiger partial charge in [-0.1, -0.05) is 0 Å². The Hall–Kier alpha value is -2.34. The normalized spacial score (nSPS) is 18.1. The van der Waals surface area contributed by atoms with Crippen LogP contribution in [0.2, 0.25) is 0 Å². The first-order valence-corrected chi connectivity index (χ1v) is 8.71. The lowest BCUT2D eigenvalue weighted by molar-refractivity contribution is -0.126. The molecule has 1 aliphatic heterocycles. The van der Waals surface area contributed by atoms with Gasteiger partial charge in [0.2, 0.25) is 5.91 Å². The van der Waals surface area contributed by atoms with Gasteiger partial charge in [0.25, 0.3) is 0 Å². The molecule has 3 rings (SSSR count). The minimum Gasteiger partial charge on any atom is -0.492 e. The second kappa shape index (κ2) is 8.16. The fourth-order valence-corrected chi connectivity index (χ4v) is 3.14. The lowest BCUT2D eigenvalue weighted by Crippen LogP contribution is -2.42. The second-order valence-electron chi connectivity index (χ2n) is 6.60. The molecule has 0 bridgehead atoms. The third-order valence-electron chi connectivity index (χ3n) is 4.47. The first-order chi connectivity index (χ1) is 12.1. The molecule has 1 unspecified atom stereocenters. The average Bonchev–Trinajstić information content (AvgIpc) is 3.05. The SMILES string of the molecule is CN1CCCC(C(=O)NCCOc2c[c]cc(-c3cnn(C)c3)c2)C1. The first-order valence-electron chi connectivity index (χ1n) is 8.71. The number of ether oxygens (including phenoxy) is 1. The molecule has 1 aromatic carbocycles. The van der Waals surface area contributed by atoms with Gasteiger partial charge in [-0.15, -0.1) is 0 Å². The molecule has 1 N–H and O–H groups in total. The third-order valence-corrected chi connectivity index (χ3v) is 4.47. The van der Waals surface area contributed by atoms with Gasteiger partial charge in [-0.3, -0.25) is 9.48 Å². The van der Waals surface area contributed by atoms with Crippen molar-refractivity contribution in [3.63, 3.8) is 0 Å². The largest absolute Gasteiger partial charge is 0.492 e. The Morgan fingerprint density at radius 1 is 1.40 bits per heavy atom. The number of hydrogen-bond donors (Lipinski definition) is 1. The van der Waals surface area contributed by atoms with Gasteiger partial charge in [0.1, 0.15) is 12.4 Å². The third kappa shape index (κ3) is 4.82. The number of aryl methyl sites for hydroxylation is 1. The van der Waals surface area contributed by atoms with Crippen molar-refractivity contribution < 1.29 is 9.53 Å². The second-order valence-corrected chi connectivity index (χ2v) is 6.60. The number of nitrogens with one attached hydrogen (secondary N) is 1. The van der Waals surface area contributed by atoms with E-state index in [1.54, 1.807) is 10.7 Å². The van der Waals surface area contributed by atoms with Crippen molar-refractivity contribution in [3.8, 4) is 16.9 Å². The highest BCUT2D eigenvalue weighted by molar-refractivity contribution is 5.78. The summed E-state index contributed by atoms with van der Waals surface area (Å²) in [5.74, 6) is 0.972. The topological polar surface area (TPSA) is 59.4 Å². The van der Waals surface area contributed by atoms with Crippen LogP contribution in [0.15, 0.2) is 30.6 Å². The Morgan fingerprint density at radius 2 is 2.28 bits per heavy atom. The maximum Gasteiger partial charge on any atom is 0.224 e. The summed E-state index contributed by atoms with van der Waals surface area (Å²) in [7, 11) is 3.95. The van der Waals surface area contributed by atoms with Gasteiger partial charge in [0.05, 0.1) is 18.7 Å². The summed E-state index contributed by atoms with van der Waals surface area (Å²) in [4.78, 5) is 14.4. The van der Waals surface area contributed by atoms with Crippen LogP contribution < -0.4 is 10.1 Å².